The van der Waals surface area contributed by atoms with Gasteiger partial charge in [0.25, 0.3) is 0 Å². The van der Waals surface area contributed by atoms with Crippen LogP contribution in [0.15, 0.2) is 42.5 Å². The van der Waals surface area contributed by atoms with Crippen molar-refractivity contribution in [3.8, 4) is 0 Å². The first kappa shape index (κ1) is 18.9. The van der Waals surface area contributed by atoms with E-state index in [1.165, 1.54) is 17.7 Å². The third kappa shape index (κ3) is 4.02. The van der Waals surface area contributed by atoms with E-state index in [1.54, 1.807) is 0 Å². The number of nitrogens with zero attached hydrogens (tertiary/aromatic N) is 3. The van der Waals surface area contributed by atoms with E-state index >= 15 is 0 Å². The molecule has 148 valence electrons. The van der Waals surface area contributed by atoms with Crippen molar-refractivity contribution in [1.82, 2.24) is 4.90 Å². The Hall–Kier alpha value is -2.47. The molecule has 2 aromatic rings. The van der Waals surface area contributed by atoms with Gasteiger partial charge in [-0.15, -0.1) is 0 Å². The van der Waals surface area contributed by atoms with Crippen molar-refractivity contribution in [1.29, 1.82) is 0 Å². The molecule has 1 saturated heterocycles. The molecule has 0 radical (unpaired) electrons. The molecule has 28 heavy (non-hydrogen) atoms. The Labute approximate surface area is 164 Å². The normalized spacial score (nSPS) is 17.1. The zero-order chi connectivity index (χ0) is 19.5. The summed E-state index contributed by atoms with van der Waals surface area (Å²) in [6, 6.07) is 11.8. The van der Waals surface area contributed by atoms with Crippen molar-refractivity contribution < 1.29 is 13.6 Å². The van der Waals surface area contributed by atoms with Crippen molar-refractivity contribution in [2.24, 2.45) is 0 Å². The number of carbonyl (C=O) groups is 1. The van der Waals surface area contributed by atoms with Crippen molar-refractivity contribution in [2.45, 2.75) is 19.3 Å². The third-order valence-electron chi connectivity index (χ3n) is 5.68. The lowest BCUT2D eigenvalue weighted by Crippen LogP contribution is -2.47. The first-order valence-corrected chi connectivity index (χ1v) is 9.92. The first-order valence-electron chi connectivity index (χ1n) is 9.92. The lowest BCUT2D eigenvalue weighted by atomic mass is 10.2. The van der Waals surface area contributed by atoms with Crippen molar-refractivity contribution in [3.05, 3.63) is 59.7 Å². The van der Waals surface area contributed by atoms with Gasteiger partial charge in [0.05, 0.1) is 5.69 Å². The number of piperazine rings is 1. The maximum atomic E-state index is 13.9. The van der Waals surface area contributed by atoms with Gasteiger partial charge in [0.15, 0.2) is 0 Å². The monoisotopic (exact) mass is 385 g/mol. The lowest BCUT2D eigenvalue weighted by Gasteiger charge is -2.36. The van der Waals surface area contributed by atoms with Crippen LogP contribution >= 0.6 is 0 Å². The number of hydrogen-bond donors (Lipinski definition) is 0. The molecular formula is C22H25F2N3O. The van der Waals surface area contributed by atoms with Gasteiger partial charge in [-0.25, -0.2) is 8.78 Å². The Morgan fingerprint density at radius 3 is 2.50 bits per heavy atom. The van der Waals surface area contributed by atoms with E-state index in [1.807, 2.05) is 28.0 Å². The summed E-state index contributed by atoms with van der Waals surface area (Å²) in [5, 5.41) is 0. The van der Waals surface area contributed by atoms with Gasteiger partial charge in [-0.1, -0.05) is 18.2 Å². The van der Waals surface area contributed by atoms with Crippen LogP contribution in [-0.4, -0.2) is 50.1 Å². The predicted octanol–water partition coefficient (Wildman–Crippen LogP) is 3.46. The highest BCUT2D eigenvalue weighted by Gasteiger charge is 2.24. The van der Waals surface area contributed by atoms with Gasteiger partial charge >= 0.3 is 0 Å². The molecule has 0 aromatic heterocycles. The number of para-hydroxylation sites is 1. The molecule has 4 rings (SSSR count). The highest BCUT2D eigenvalue weighted by Crippen LogP contribution is 2.28. The number of rotatable bonds is 5. The number of amides is 1. The summed E-state index contributed by atoms with van der Waals surface area (Å²) < 4.78 is 27.0. The number of anilines is 2. The molecule has 6 heteroatoms. The van der Waals surface area contributed by atoms with E-state index < -0.39 is 11.6 Å². The Morgan fingerprint density at radius 1 is 0.929 bits per heavy atom. The fourth-order valence-corrected chi connectivity index (χ4v) is 4.14. The minimum Gasteiger partial charge on any atom is -0.367 e. The molecule has 1 fully saturated rings. The van der Waals surface area contributed by atoms with Crippen LogP contribution in [0, 0.1) is 11.6 Å². The summed E-state index contributed by atoms with van der Waals surface area (Å²) in [4.78, 5) is 18.8. The molecule has 0 unspecified atom stereocenters. The fourth-order valence-electron chi connectivity index (χ4n) is 4.14. The second kappa shape index (κ2) is 8.27. The van der Waals surface area contributed by atoms with Crippen LogP contribution < -0.4 is 9.80 Å². The summed E-state index contributed by atoms with van der Waals surface area (Å²) >= 11 is 0. The van der Waals surface area contributed by atoms with E-state index in [-0.39, 0.29) is 5.91 Å². The van der Waals surface area contributed by atoms with E-state index in [0.717, 1.165) is 50.8 Å². The minimum absolute atomic E-state index is 0.192. The van der Waals surface area contributed by atoms with Crippen LogP contribution in [0.5, 0.6) is 0 Å². The number of fused-ring (bicyclic) bond motifs is 1. The quantitative estimate of drug-likeness (QED) is 0.789. The second-order valence-corrected chi connectivity index (χ2v) is 7.45. The predicted molar refractivity (Wildman–Crippen MR) is 107 cm³/mol. The molecule has 4 nitrogen and oxygen atoms in total. The molecule has 2 aromatic carbocycles. The van der Waals surface area contributed by atoms with Gasteiger partial charge in [-0.2, -0.15) is 0 Å². The summed E-state index contributed by atoms with van der Waals surface area (Å²) in [6.45, 7) is 4.68. The molecule has 0 atom stereocenters. The van der Waals surface area contributed by atoms with Gasteiger partial charge < -0.3 is 9.80 Å². The lowest BCUT2D eigenvalue weighted by molar-refractivity contribution is -0.118. The van der Waals surface area contributed by atoms with Gasteiger partial charge in [0.1, 0.15) is 11.6 Å². The summed E-state index contributed by atoms with van der Waals surface area (Å²) in [5.41, 5.74) is 2.77. The molecule has 0 bridgehead atoms. The smallest absolute Gasteiger partial charge is 0.227 e. The van der Waals surface area contributed by atoms with Crippen LogP contribution in [0.3, 0.4) is 0 Å². The third-order valence-corrected chi connectivity index (χ3v) is 5.68. The molecule has 2 aliphatic rings. The van der Waals surface area contributed by atoms with E-state index in [2.05, 4.69) is 11.0 Å². The van der Waals surface area contributed by atoms with Gasteiger partial charge in [0.2, 0.25) is 5.91 Å². The number of benzene rings is 2. The fraction of sp³-hybridized carbons (Fsp3) is 0.409. The van der Waals surface area contributed by atoms with Crippen LogP contribution in [-0.2, 0) is 11.2 Å². The second-order valence-electron chi connectivity index (χ2n) is 7.45. The number of hydrogen-bond acceptors (Lipinski definition) is 3. The van der Waals surface area contributed by atoms with Crippen molar-refractivity contribution in [3.63, 3.8) is 0 Å². The first-order chi connectivity index (χ1) is 13.6. The van der Waals surface area contributed by atoms with Gasteiger partial charge in [-0.05, 0) is 43.1 Å². The Morgan fingerprint density at radius 2 is 1.71 bits per heavy atom. The van der Waals surface area contributed by atoms with E-state index in [0.29, 0.717) is 25.2 Å². The Kier molecular flexibility index (Phi) is 5.57. The Balaban J connectivity index is 1.22. The average Bonchev–Trinajstić information content (AvgIpc) is 3.13. The Bertz CT molecular complexity index is 849. The summed E-state index contributed by atoms with van der Waals surface area (Å²) in [7, 11) is 0. The minimum atomic E-state index is -0.551. The molecule has 0 spiro atoms. The zero-order valence-electron chi connectivity index (χ0n) is 15.9. The molecule has 2 heterocycles. The molecule has 1 amide bonds. The van der Waals surface area contributed by atoms with Crippen LogP contribution in [0.1, 0.15) is 18.4 Å². The van der Waals surface area contributed by atoms with E-state index in [4.69, 9.17) is 0 Å². The molecule has 0 N–H and O–H groups in total. The standard InChI is InChI=1S/C22H25F2N3O/c23-18-7-8-21(19(24)16-18)26-14-12-25(13-15-26)10-3-6-22(28)27-11-9-17-4-1-2-5-20(17)27/h1-2,4-5,7-8,16H,3,6,9-15H2. The van der Waals surface area contributed by atoms with Crippen molar-refractivity contribution >= 4 is 17.3 Å². The van der Waals surface area contributed by atoms with Crippen LogP contribution in [0.25, 0.3) is 0 Å². The van der Waals surface area contributed by atoms with Gasteiger partial charge in [-0.3, -0.25) is 9.69 Å². The topological polar surface area (TPSA) is 26.8 Å². The highest BCUT2D eigenvalue weighted by molar-refractivity contribution is 5.95. The average molecular weight is 385 g/mol. The summed E-state index contributed by atoms with van der Waals surface area (Å²) in [6.07, 6.45) is 2.30. The molecule has 0 saturated carbocycles. The van der Waals surface area contributed by atoms with Gasteiger partial charge in [0, 0.05) is 50.9 Å². The van der Waals surface area contributed by atoms with Crippen LogP contribution in [0.4, 0.5) is 20.2 Å². The SMILES string of the molecule is O=C(CCCN1CCN(c2ccc(F)cc2F)CC1)N1CCc2ccccc21. The zero-order valence-corrected chi connectivity index (χ0v) is 15.9. The van der Waals surface area contributed by atoms with E-state index in [9.17, 15) is 13.6 Å². The summed E-state index contributed by atoms with van der Waals surface area (Å²) in [5.74, 6) is -0.868. The highest BCUT2D eigenvalue weighted by atomic mass is 19.1. The molecule has 2 aliphatic heterocycles. The van der Waals surface area contributed by atoms with Crippen LogP contribution in [0.2, 0.25) is 0 Å². The largest absolute Gasteiger partial charge is 0.367 e. The number of halogens is 2. The maximum absolute atomic E-state index is 13.9. The molecular weight excluding hydrogens is 360 g/mol. The number of carbonyl (C=O) groups excluding carboxylic acids is 1. The molecule has 0 aliphatic carbocycles. The van der Waals surface area contributed by atoms with Crippen molar-refractivity contribution in [2.75, 3.05) is 49.1 Å². The maximum Gasteiger partial charge on any atom is 0.227 e.